The Balaban J connectivity index is 0.909. The number of anilines is 2. The lowest BCUT2D eigenvalue weighted by molar-refractivity contribution is -0.384. The number of sulfonamides is 1. The molecule has 0 aliphatic carbocycles. The molecule has 0 radical (unpaired) electrons. The van der Waals surface area contributed by atoms with E-state index >= 15 is 0 Å². The molecule has 2 fully saturated rings. The Morgan fingerprint density at radius 2 is 1.65 bits per heavy atom. The van der Waals surface area contributed by atoms with Gasteiger partial charge in [0.05, 0.1) is 9.82 Å². The van der Waals surface area contributed by atoms with Gasteiger partial charge in [-0.25, -0.2) is 13.1 Å². The first-order valence-electron chi connectivity index (χ1n) is 21.7. The zero-order valence-electron chi connectivity index (χ0n) is 35.4. The van der Waals surface area contributed by atoms with E-state index < -0.39 is 20.9 Å². The Bertz CT molecular complexity index is 2510. The maximum Gasteiger partial charge on any atom is 0.293 e. The van der Waals surface area contributed by atoms with E-state index in [0.29, 0.717) is 22.9 Å². The largest absolute Gasteiger partial charge is 0.376 e. The molecule has 0 unspecified atom stereocenters. The molecular formula is C48H54ClN7O5S2. The van der Waals surface area contributed by atoms with Crippen LogP contribution < -0.4 is 20.3 Å². The lowest BCUT2D eigenvalue weighted by Gasteiger charge is -2.46. The fraction of sp³-hybridized carbons (Fsp3) is 0.354. The van der Waals surface area contributed by atoms with E-state index in [1.165, 1.54) is 23.3 Å². The van der Waals surface area contributed by atoms with Gasteiger partial charge in [0.1, 0.15) is 5.69 Å². The SMILES string of the molecule is CNC1CCN(CC[C@H](CSc2ccccc2)Nc2ccc(S(=O)(=O)NC(=O)c3ccc4c(c3)CC[C@@H]3CN(Cc5ccccc5-c5ccc(Cl)cc5)CCN43)cc2[N+](=O)[O-])CC1. The molecule has 0 bridgehead atoms. The van der Waals surface area contributed by atoms with Crippen LogP contribution in [0.1, 0.15) is 47.2 Å². The van der Waals surface area contributed by atoms with Crippen molar-refractivity contribution in [1.82, 2.24) is 19.8 Å². The minimum Gasteiger partial charge on any atom is -0.376 e. The van der Waals surface area contributed by atoms with Gasteiger partial charge in [-0.2, -0.15) is 0 Å². The van der Waals surface area contributed by atoms with E-state index in [9.17, 15) is 23.3 Å². The monoisotopic (exact) mass is 907 g/mol. The molecule has 3 N–H and O–H groups in total. The van der Waals surface area contributed by atoms with Crippen LogP contribution in [-0.4, -0.2) is 99.2 Å². The van der Waals surface area contributed by atoms with E-state index in [-0.39, 0.29) is 27.9 Å². The molecule has 0 aromatic heterocycles. The van der Waals surface area contributed by atoms with Crippen LogP contribution >= 0.6 is 23.4 Å². The highest BCUT2D eigenvalue weighted by Gasteiger charge is 2.33. The van der Waals surface area contributed by atoms with Gasteiger partial charge in [-0.1, -0.05) is 66.2 Å². The van der Waals surface area contributed by atoms with Gasteiger partial charge in [0, 0.05) is 83.8 Å². The number of hydrogen-bond acceptors (Lipinski definition) is 11. The Hall–Kier alpha value is -4.96. The summed E-state index contributed by atoms with van der Waals surface area (Å²) < 4.78 is 29.5. The lowest BCUT2D eigenvalue weighted by atomic mass is 9.92. The maximum absolute atomic E-state index is 13.7. The Morgan fingerprint density at radius 1 is 0.889 bits per heavy atom. The summed E-state index contributed by atoms with van der Waals surface area (Å²) >= 11 is 7.83. The van der Waals surface area contributed by atoms with Crippen LogP contribution in [0.2, 0.25) is 5.02 Å². The van der Waals surface area contributed by atoms with Gasteiger partial charge in [-0.3, -0.25) is 19.8 Å². The van der Waals surface area contributed by atoms with Crippen LogP contribution in [-0.2, 0) is 23.0 Å². The number of nitro groups is 1. The average Bonchev–Trinajstić information content (AvgIpc) is 3.30. The maximum atomic E-state index is 13.7. The number of amides is 1. The number of piperazine rings is 1. The number of piperidine rings is 1. The van der Waals surface area contributed by atoms with Crippen molar-refractivity contribution in [2.45, 2.75) is 66.6 Å². The third kappa shape index (κ3) is 11.1. The number of thioether (sulfide) groups is 1. The minimum atomic E-state index is -4.45. The summed E-state index contributed by atoms with van der Waals surface area (Å²) in [7, 11) is -2.46. The summed E-state index contributed by atoms with van der Waals surface area (Å²) in [6, 6.07) is 36.3. The van der Waals surface area contributed by atoms with E-state index in [1.807, 2.05) is 55.6 Å². The van der Waals surface area contributed by atoms with Gasteiger partial charge >= 0.3 is 0 Å². The first kappa shape index (κ1) is 44.6. The number of aryl methyl sites for hydroxylation is 1. The molecule has 8 rings (SSSR count). The summed E-state index contributed by atoms with van der Waals surface area (Å²) in [6.07, 6.45) is 4.53. The van der Waals surface area contributed by atoms with Crippen LogP contribution in [0.25, 0.3) is 11.1 Å². The molecule has 5 aromatic carbocycles. The van der Waals surface area contributed by atoms with Crippen molar-refractivity contribution >= 4 is 56.4 Å². The third-order valence-electron chi connectivity index (χ3n) is 12.6. The molecular weight excluding hydrogens is 854 g/mol. The summed E-state index contributed by atoms with van der Waals surface area (Å²) in [5.74, 6) is -0.131. The number of hydrogen-bond donors (Lipinski definition) is 3. The van der Waals surface area contributed by atoms with Crippen LogP contribution in [0.15, 0.2) is 125 Å². The number of halogens is 1. The summed E-state index contributed by atoms with van der Waals surface area (Å²) in [6.45, 7) is 6.22. The molecule has 12 nitrogen and oxygen atoms in total. The first-order chi connectivity index (χ1) is 30.5. The molecule has 330 valence electrons. The number of carbonyl (C=O) groups excluding carboxylic acids is 1. The normalized spacial score (nSPS) is 17.7. The van der Waals surface area contributed by atoms with E-state index in [2.05, 4.69) is 66.5 Å². The lowest BCUT2D eigenvalue weighted by Crippen LogP contribution is -2.54. The predicted octanol–water partition coefficient (Wildman–Crippen LogP) is 8.32. The zero-order chi connectivity index (χ0) is 43.9. The summed E-state index contributed by atoms with van der Waals surface area (Å²) in [5, 5.41) is 19.9. The summed E-state index contributed by atoms with van der Waals surface area (Å²) in [4.78, 5) is 33.5. The number of fused-ring (bicyclic) bond motifs is 3. The Labute approximate surface area is 379 Å². The number of likely N-dealkylation sites (tertiary alicyclic amines) is 1. The Morgan fingerprint density at radius 3 is 2.41 bits per heavy atom. The van der Waals surface area contributed by atoms with Crippen LogP contribution in [0.5, 0.6) is 0 Å². The number of nitrogens with one attached hydrogen (secondary N) is 3. The fourth-order valence-corrected chi connectivity index (χ4v) is 11.2. The molecule has 5 aromatic rings. The van der Waals surface area contributed by atoms with Crippen molar-refractivity contribution in [2.24, 2.45) is 0 Å². The van der Waals surface area contributed by atoms with E-state index in [0.717, 1.165) is 106 Å². The highest BCUT2D eigenvalue weighted by molar-refractivity contribution is 7.99. The minimum absolute atomic E-state index is 0.135. The first-order valence-corrected chi connectivity index (χ1v) is 24.5. The number of benzene rings is 5. The second kappa shape index (κ2) is 20.3. The van der Waals surface area contributed by atoms with Crippen molar-refractivity contribution in [3.05, 3.63) is 147 Å². The predicted molar refractivity (Wildman–Crippen MR) is 254 cm³/mol. The van der Waals surface area contributed by atoms with Gasteiger partial charge < -0.3 is 20.4 Å². The molecule has 0 saturated carbocycles. The number of nitrogens with zero attached hydrogens (tertiary/aromatic N) is 4. The second-order valence-corrected chi connectivity index (χ2v) is 19.9. The number of nitro benzene ring substituents is 1. The fourth-order valence-electron chi connectivity index (χ4n) is 9.07. The zero-order valence-corrected chi connectivity index (χ0v) is 37.8. The number of carbonyl (C=O) groups is 1. The smallest absolute Gasteiger partial charge is 0.293 e. The molecule has 3 heterocycles. The molecule has 2 saturated heterocycles. The quantitative estimate of drug-likeness (QED) is 0.0501. The van der Waals surface area contributed by atoms with Crippen LogP contribution in [0.4, 0.5) is 17.1 Å². The standard InChI is InChI=1S/C48H54ClN7O5S2/c1-50-39-21-24-53(25-22-39)26-23-40(33-62-42-8-3-2-4-9-42)51-45-19-18-43(30-47(45)56(58)59)63(60,61)52-48(57)36-14-20-46-35(29-36)13-17-41-32-54(27-28-55(41)46)31-37-7-5-6-10-44(37)34-11-15-38(49)16-12-34/h2-12,14-16,18-20,29-30,39-41,50-51H,13,17,21-28,31-33H2,1H3,(H,52,57)/t40-,41-/m1/s1. The number of rotatable bonds is 16. The van der Waals surface area contributed by atoms with Gasteiger partial charge in [0.15, 0.2) is 0 Å². The molecule has 3 aliphatic heterocycles. The topological polar surface area (TPSA) is 140 Å². The Kier molecular flexibility index (Phi) is 14.4. The molecule has 1 amide bonds. The van der Waals surface area contributed by atoms with Gasteiger partial charge in [-0.05, 0) is 129 Å². The third-order valence-corrected chi connectivity index (χ3v) is 15.3. The van der Waals surface area contributed by atoms with Crippen LogP contribution in [0, 0.1) is 10.1 Å². The van der Waals surface area contributed by atoms with Crippen molar-refractivity contribution in [3.8, 4) is 11.1 Å². The van der Waals surface area contributed by atoms with Crippen molar-refractivity contribution in [1.29, 1.82) is 0 Å². The molecule has 0 spiro atoms. The van der Waals surface area contributed by atoms with Gasteiger partial charge in [0.25, 0.3) is 21.6 Å². The van der Waals surface area contributed by atoms with Crippen LogP contribution in [0.3, 0.4) is 0 Å². The molecule has 63 heavy (non-hydrogen) atoms. The highest BCUT2D eigenvalue weighted by Crippen LogP contribution is 2.35. The van der Waals surface area contributed by atoms with E-state index in [1.54, 1.807) is 23.9 Å². The average molecular weight is 909 g/mol. The van der Waals surface area contributed by atoms with Crippen molar-refractivity contribution in [2.75, 3.05) is 62.3 Å². The van der Waals surface area contributed by atoms with Crippen molar-refractivity contribution in [3.63, 3.8) is 0 Å². The molecule has 3 aliphatic rings. The molecule has 15 heteroatoms. The van der Waals surface area contributed by atoms with Gasteiger partial charge in [0.2, 0.25) is 0 Å². The molecule has 2 atom stereocenters. The van der Waals surface area contributed by atoms with Crippen molar-refractivity contribution < 1.29 is 18.1 Å². The van der Waals surface area contributed by atoms with Gasteiger partial charge in [-0.15, -0.1) is 11.8 Å². The summed E-state index contributed by atoms with van der Waals surface area (Å²) in [5.41, 5.74) is 5.73. The van der Waals surface area contributed by atoms with E-state index in [4.69, 9.17) is 11.6 Å². The second-order valence-electron chi connectivity index (χ2n) is 16.7. The highest BCUT2D eigenvalue weighted by atomic mass is 35.5.